The van der Waals surface area contributed by atoms with E-state index < -0.39 is 0 Å². The SMILES string of the molecule is O=C(c1cc(Oc2ccccc2)ccn1)N1CCCC(N2CCNCC2=O)C1. The number of pyridine rings is 1. The second-order valence-corrected chi connectivity index (χ2v) is 7.10. The molecule has 2 fully saturated rings. The van der Waals surface area contributed by atoms with Gasteiger partial charge in [0.25, 0.3) is 5.91 Å². The zero-order valence-corrected chi connectivity index (χ0v) is 15.7. The molecule has 4 rings (SSSR count). The lowest BCUT2D eigenvalue weighted by atomic mass is 10.0. The second kappa shape index (κ2) is 8.39. The average Bonchev–Trinajstić information content (AvgIpc) is 2.74. The molecule has 0 radical (unpaired) electrons. The van der Waals surface area contributed by atoms with Gasteiger partial charge in [-0.3, -0.25) is 14.6 Å². The first-order valence-corrected chi connectivity index (χ1v) is 9.69. The number of para-hydroxylation sites is 1. The third kappa shape index (κ3) is 4.14. The summed E-state index contributed by atoms with van der Waals surface area (Å²) >= 11 is 0. The van der Waals surface area contributed by atoms with Crippen molar-refractivity contribution in [1.29, 1.82) is 0 Å². The van der Waals surface area contributed by atoms with E-state index in [1.54, 1.807) is 23.2 Å². The van der Waals surface area contributed by atoms with E-state index in [1.807, 2.05) is 35.2 Å². The maximum absolute atomic E-state index is 13.0. The van der Waals surface area contributed by atoms with E-state index in [1.165, 1.54) is 0 Å². The van der Waals surface area contributed by atoms with E-state index in [0.29, 0.717) is 43.4 Å². The van der Waals surface area contributed by atoms with Crippen LogP contribution in [0, 0.1) is 0 Å². The Hall–Kier alpha value is -2.93. The Morgan fingerprint density at radius 1 is 1.14 bits per heavy atom. The Kier molecular flexibility index (Phi) is 5.53. The molecular formula is C21H24N4O3. The number of aromatic nitrogens is 1. The number of rotatable bonds is 4. The fraction of sp³-hybridized carbons (Fsp3) is 0.381. The van der Waals surface area contributed by atoms with E-state index in [2.05, 4.69) is 10.3 Å². The number of piperazine rings is 1. The topological polar surface area (TPSA) is 74.8 Å². The van der Waals surface area contributed by atoms with Gasteiger partial charge < -0.3 is 19.9 Å². The van der Waals surface area contributed by atoms with Gasteiger partial charge in [-0.25, -0.2) is 0 Å². The first-order chi connectivity index (χ1) is 13.7. The van der Waals surface area contributed by atoms with Crippen molar-refractivity contribution in [3.8, 4) is 11.5 Å². The van der Waals surface area contributed by atoms with E-state index in [9.17, 15) is 9.59 Å². The molecule has 7 nitrogen and oxygen atoms in total. The van der Waals surface area contributed by atoms with Gasteiger partial charge in [0.2, 0.25) is 5.91 Å². The number of nitrogens with zero attached hydrogens (tertiary/aromatic N) is 3. The second-order valence-electron chi connectivity index (χ2n) is 7.10. The molecule has 2 saturated heterocycles. The van der Waals surface area contributed by atoms with Crippen molar-refractivity contribution in [3.63, 3.8) is 0 Å². The molecule has 2 aliphatic rings. The third-order valence-electron chi connectivity index (χ3n) is 5.18. The Balaban J connectivity index is 1.45. The minimum atomic E-state index is -0.120. The Bertz CT molecular complexity index is 843. The average molecular weight is 380 g/mol. The fourth-order valence-corrected chi connectivity index (χ4v) is 3.78. The first-order valence-electron chi connectivity index (χ1n) is 9.69. The Morgan fingerprint density at radius 3 is 2.82 bits per heavy atom. The highest BCUT2D eigenvalue weighted by molar-refractivity contribution is 5.92. The summed E-state index contributed by atoms with van der Waals surface area (Å²) in [4.78, 5) is 33.2. The van der Waals surface area contributed by atoms with Gasteiger partial charge in [-0.15, -0.1) is 0 Å². The Morgan fingerprint density at radius 2 is 2.00 bits per heavy atom. The predicted molar refractivity (Wildman–Crippen MR) is 104 cm³/mol. The van der Waals surface area contributed by atoms with Crippen LogP contribution in [0.1, 0.15) is 23.3 Å². The van der Waals surface area contributed by atoms with Crippen LogP contribution in [0.15, 0.2) is 48.7 Å². The van der Waals surface area contributed by atoms with Crippen molar-refractivity contribution < 1.29 is 14.3 Å². The largest absolute Gasteiger partial charge is 0.457 e. The van der Waals surface area contributed by atoms with Crippen molar-refractivity contribution in [2.75, 3.05) is 32.7 Å². The van der Waals surface area contributed by atoms with Gasteiger partial charge in [0, 0.05) is 44.5 Å². The number of amides is 2. The van der Waals surface area contributed by atoms with Gasteiger partial charge in [-0.05, 0) is 31.0 Å². The van der Waals surface area contributed by atoms with Crippen LogP contribution in [0.3, 0.4) is 0 Å². The molecule has 7 heteroatoms. The number of benzene rings is 1. The normalized spacial score (nSPS) is 20.1. The van der Waals surface area contributed by atoms with Gasteiger partial charge >= 0.3 is 0 Å². The molecule has 2 aliphatic heterocycles. The Labute approximate surface area is 164 Å². The minimum absolute atomic E-state index is 0.0797. The molecule has 1 aromatic carbocycles. The molecule has 1 unspecified atom stereocenters. The number of ether oxygens (including phenoxy) is 1. The molecule has 0 saturated carbocycles. The van der Waals surface area contributed by atoms with Crippen LogP contribution < -0.4 is 10.1 Å². The third-order valence-corrected chi connectivity index (χ3v) is 5.18. The van der Waals surface area contributed by atoms with Crippen LogP contribution in [-0.4, -0.2) is 65.4 Å². The predicted octanol–water partition coefficient (Wildman–Crippen LogP) is 1.91. The molecule has 0 spiro atoms. The summed E-state index contributed by atoms with van der Waals surface area (Å²) in [6, 6.07) is 12.9. The smallest absolute Gasteiger partial charge is 0.272 e. The number of hydrogen-bond acceptors (Lipinski definition) is 5. The summed E-state index contributed by atoms with van der Waals surface area (Å²) in [6.07, 6.45) is 3.40. The molecule has 146 valence electrons. The molecule has 1 N–H and O–H groups in total. The lowest BCUT2D eigenvalue weighted by molar-refractivity contribution is -0.135. The van der Waals surface area contributed by atoms with Crippen LogP contribution in [0.5, 0.6) is 11.5 Å². The highest BCUT2D eigenvalue weighted by Gasteiger charge is 2.32. The summed E-state index contributed by atoms with van der Waals surface area (Å²) in [7, 11) is 0. The molecule has 1 atom stereocenters. The summed E-state index contributed by atoms with van der Waals surface area (Å²) in [5.41, 5.74) is 0.362. The lowest BCUT2D eigenvalue weighted by Gasteiger charge is -2.41. The highest BCUT2D eigenvalue weighted by Crippen LogP contribution is 2.23. The van der Waals surface area contributed by atoms with Crippen LogP contribution in [0.4, 0.5) is 0 Å². The van der Waals surface area contributed by atoms with Crippen LogP contribution in [-0.2, 0) is 4.79 Å². The van der Waals surface area contributed by atoms with Gasteiger partial charge in [0.15, 0.2) is 0 Å². The fourth-order valence-electron chi connectivity index (χ4n) is 3.78. The number of hydrogen-bond donors (Lipinski definition) is 1. The molecule has 0 aliphatic carbocycles. The first kappa shape index (κ1) is 18.4. The molecular weight excluding hydrogens is 356 g/mol. The molecule has 1 aromatic heterocycles. The van der Waals surface area contributed by atoms with E-state index in [4.69, 9.17) is 4.74 Å². The van der Waals surface area contributed by atoms with E-state index >= 15 is 0 Å². The molecule has 0 bridgehead atoms. The number of carbonyl (C=O) groups excluding carboxylic acids is 2. The van der Waals surface area contributed by atoms with Crippen molar-refractivity contribution in [2.24, 2.45) is 0 Å². The minimum Gasteiger partial charge on any atom is -0.457 e. The summed E-state index contributed by atoms with van der Waals surface area (Å²) in [5, 5.41) is 3.09. The van der Waals surface area contributed by atoms with E-state index in [-0.39, 0.29) is 17.9 Å². The summed E-state index contributed by atoms with van der Waals surface area (Å²) in [6.45, 7) is 3.11. The maximum Gasteiger partial charge on any atom is 0.272 e. The van der Waals surface area contributed by atoms with E-state index in [0.717, 1.165) is 19.4 Å². The van der Waals surface area contributed by atoms with Crippen molar-refractivity contribution >= 4 is 11.8 Å². The number of likely N-dealkylation sites (tertiary alicyclic amines) is 1. The van der Waals surface area contributed by atoms with Crippen LogP contribution >= 0.6 is 0 Å². The lowest BCUT2D eigenvalue weighted by Crippen LogP contribution is -2.57. The molecule has 3 heterocycles. The maximum atomic E-state index is 13.0. The monoisotopic (exact) mass is 380 g/mol. The molecule has 28 heavy (non-hydrogen) atoms. The van der Waals surface area contributed by atoms with Crippen molar-refractivity contribution in [2.45, 2.75) is 18.9 Å². The quantitative estimate of drug-likeness (QED) is 0.877. The van der Waals surface area contributed by atoms with Gasteiger partial charge in [-0.2, -0.15) is 0 Å². The number of nitrogens with one attached hydrogen (secondary N) is 1. The zero-order chi connectivity index (χ0) is 19.3. The highest BCUT2D eigenvalue weighted by atomic mass is 16.5. The summed E-state index contributed by atoms with van der Waals surface area (Å²) < 4.78 is 5.82. The van der Waals surface area contributed by atoms with Gasteiger partial charge in [0.05, 0.1) is 6.54 Å². The van der Waals surface area contributed by atoms with Crippen molar-refractivity contribution in [1.82, 2.24) is 20.1 Å². The van der Waals surface area contributed by atoms with Gasteiger partial charge in [-0.1, -0.05) is 18.2 Å². The zero-order valence-electron chi connectivity index (χ0n) is 15.7. The van der Waals surface area contributed by atoms with Crippen LogP contribution in [0.25, 0.3) is 0 Å². The molecule has 2 amide bonds. The van der Waals surface area contributed by atoms with Gasteiger partial charge in [0.1, 0.15) is 17.2 Å². The summed E-state index contributed by atoms with van der Waals surface area (Å²) in [5.74, 6) is 1.28. The standard InChI is InChI=1S/C21H24N4O3/c26-20-14-22-10-12-25(20)16-5-4-11-24(15-16)21(27)19-13-18(8-9-23-19)28-17-6-2-1-3-7-17/h1-3,6-9,13,16,22H,4-5,10-12,14-15H2. The molecule has 2 aromatic rings. The van der Waals surface area contributed by atoms with Crippen LogP contribution in [0.2, 0.25) is 0 Å². The number of carbonyl (C=O) groups is 2. The van der Waals surface area contributed by atoms with Crippen molar-refractivity contribution in [3.05, 3.63) is 54.4 Å². The number of piperidine rings is 1.